The van der Waals surface area contributed by atoms with Crippen molar-refractivity contribution in [3.8, 4) is 5.75 Å². The predicted molar refractivity (Wildman–Crippen MR) is 43.3 cm³/mol. The van der Waals surface area contributed by atoms with Crippen molar-refractivity contribution in [1.82, 2.24) is 4.98 Å². The van der Waals surface area contributed by atoms with Gasteiger partial charge in [-0.25, -0.2) is 8.78 Å². The summed E-state index contributed by atoms with van der Waals surface area (Å²) >= 11 is 2.86. The minimum atomic E-state index is -2.63. The fourth-order valence-corrected chi connectivity index (χ4v) is 1.40. The molecule has 0 bridgehead atoms. The van der Waals surface area contributed by atoms with Crippen LogP contribution in [0.25, 0.3) is 0 Å². The fourth-order valence-electron chi connectivity index (χ4n) is 0.835. The first kappa shape index (κ1) is 9.38. The van der Waals surface area contributed by atoms with E-state index in [1.54, 1.807) is 0 Å². The average molecular weight is 238 g/mol. The molecule has 1 N–H and O–H groups in total. The van der Waals surface area contributed by atoms with Gasteiger partial charge in [-0.1, -0.05) is 0 Å². The monoisotopic (exact) mass is 237 g/mol. The van der Waals surface area contributed by atoms with Gasteiger partial charge in [-0.15, -0.1) is 0 Å². The molecule has 1 rings (SSSR count). The lowest BCUT2D eigenvalue weighted by molar-refractivity contribution is 0.148. The summed E-state index contributed by atoms with van der Waals surface area (Å²) in [4.78, 5) is 3.60. The third kappa shape index (κ3) is 1.55. The Hall–Kier alpha value is -0.710. The van der Waals surface area contributed by atoms with Gasteiger partial charge >= 0.3 is 0 Å². The van der Waals surface area contributed by atoms with Crippen molar-refractivity contribution in [2.45, 2.75) is 13.3 Å². The van der Waals surface area contributed by atoms with E-state index >= 15 is 0 Å². The summed E-state index contributed by atoms with van der Waals surface area (Å²) in [5, 5.41) is 9.03. The van der Waals surface area contributed by atoms with Crippen LogP contribution in [-0.2, 0) is 0 Å². The number of nitrogens with zero attached hydrogens (tertiary/aromatic N) is 1. The minimum Gasteiger partial charge on any atom is -0.505 e. The molecule has 5 heteroatoms. The molecule has 0 saturated carbocycles. The Morgan fingerprint density at radius 1 is 1.58 bits per heavy atom. The number of aromatic nitrogens is 1. The van der Waals surface area contributed by atoms with Crippen molar-refractivity contribution in [3.05, 3.63) is 21.9 Å². The van der Waals surface area contributed by atoms with E-state index in [9.17, 15) is 8.78 Å². The molecule has 2 nitrogen and oxygen atoms in total. The topological polar surface area (TPSA) is 33.1 Å². The fraction of sp³-hybridized carbons (Fsp3) is 0.286. The largest absolute Gasteiger partial charge is 0.505 e. The smallest absolute Gasteiger partial charge is 0.266 e. The van der Waals surface area contributed by atoms with E-state index < -0.39 is 6.43 Å². The molecule has 0 aliphatic rings. The molecule has 0 amide bonds. The molecular formula is C7H6BrF2NO. The predicted octanol–water partition coefficient (Wildman–Crippen LogP) is 2.80. The highest BCUT2D eigenvalue weighted by Crippen LogP contribution is 2.34. The van der Waals surface area contributed by atoms with Crippen LogP contribution in [0.15, 0.2) is 10.7 Å². The number of pyridine rings is 1. The van der Waals surface area contributed by atoms with E-state index in [0.29, 0.717) is 0 Å². The van der Waals surface area contributed by atoms with Crippen molar-refractivity contribution in [3.63, 3.8) is 0 Å². The number of aromatic hydroxyl groups is 1. The first-order chi connectivity index (χ1) is 5.54. The molecule has 1 heterocycles. The molecule has 0 aliphatic carbocycles. The minimum absolute atomic E-state index is 0.0185. The van der Waals surface area contributed by atoms with Crippen LogP contribution in [0.1, 0.15) is 17.7 Å². The molecule has 1 aromatic heterocycles. The van der Waals surface area contributed by atoms with Gasteiger partial charge in [-0.2, -0.15) is 0 Å². The molecule has 0 radical (unpaired) electrons. The first-order valence-electron chi connectivity index (χ1n) is 3.16. The summed E-state index contributed by atoms with van der Waals surface area (Å²) in [7, 11) is 0. The number of rotatable bonds is 1. The molecule has 0 aromatic carbocycles. The SMILES string of the molecule is Cc1ncc(O)c(Br)c1C(F)F. The van der Waals surface area contributed by atoms with Gasteiger partial charge in [-0.05, 0) is 22.9 Å². The van der Waals surface area contributed by atoms with Crippen LogP contribution in [0.5, 0.6) is 5.75 Å². The number of aryl methyl sites for hydroxylation is 1. The van der Waals surface area contributed by atoms with E-state index in [1.807, 2.05) is 0 Å². The molecule has 0 spiro atoms. The van der Waals surface area contributed by atoms with Crippen LogP contribution in [0.3, 0.4) is 0 Å². The Bertz CT molecular complexity index is 304. The highest BCUT2D eigenvalue weighted by Gasteiger charge is 2.17. The Morgan fingerprint density at radius 3 is 2.58 bits per heavy atom. The summed E-state index contributed by atoms with van der Waals surface area (Å²) in [6, 6.07) is 0. The maximum atomic E-state index is 12.3. The van der Waals surface area contributed by atoms with Crippen molar-refractivity contribution < 1.29 is 13.9 Å². The molecule has 0 atom stereocenters. The molecule has 12 heavy (non-hydrogen) atoms. The molecule has 66 valence electrons. The molecule has 0 unspecified atom stereocenters. The zero-order valence-electron chi connectivity index (χ0n) is 6.18. The lowest BCUT2D eigenvalue weighted by Crippen LogP contribution is -1.94. The third-order valence-corrected chi connectivity index (χ3v) is 2.28. The van der Waals surface area contributed by atoms with Crippen LogP contribution >= 0.6 is 15.9 Å². The summed E-state index contributed by atoms with van der Waals surface area (Å²) in [6.45, 7) is 1.46. The standard InChI is InChI=1S/C7H6BrF2NO/c1-3-5(7(9)10)6(8)4(12)2-11-3/h2,7,12H,1H3. The Balaban J connectivity index is 3.33. The summed E-state index contributed by atoms with van der Waals surface area (Å²) in [5.41, 5.74) is -0.0373. The highest BCUT2D eigenvalue weighted by atomic mass is 79.9. The Morgan fingerprint density at radius 2 is 2.17 bits per heavy atom. The second-order valence-electron chi connectivity index (χ2n) is 2.26. The normalized spacial score (nSPS) is 10.8. The Labute approximate surface area is 76.4 Å². The number of hydrogen-bond donors (Lipinski definition) is 1. The van der Waals surface area contributed by atoms with Gasteiger partial charge in [0.1, 0.15) is 5.75 Å². The van der Waals surface area contributed by atoms with E-state index in [2.05, 4.69) is 20.9 Å². The third-order valence-electron chi connectivity index (χ3n) is 1.45. The summed E-state index contributed by atoms with van der Waals surface area (Å²) in [6.07, 6.45) is -1.50. The van der Waals surface area contributed by atoms with Crippen LogP contribution < -0.4 is 0 Å². The van der Waals surface area contributed by atoms with Crippen LogP contribution in [0.2, 0.25) is 0 Å². The Kier molecular flexibility index (Phi) is 2.62. The van der Waals surface area contributed by atoms with E-state index in [1.165, 1.54) is 6.92 Å². The van der Waals surface area contributed by atoms with Gasteiger partial charge in [0.25, 0.3) is 6.43 Å². The molecular weight excluding hydrogens is 232 g/mol. The number of hydrogen-bond acceptors (Lipinski definition) is 2. The lowest BCUT2D eigenvalue weighted by Gasteiger charge is -2.06. The maximum Gasteiger partial charge on any atom is 0.266 e. The zero-order valence-corrected chi connectivity index (χ0v) is 7.77. The van der Waals surface area contributed by atoms with Crippen molar-refractivity contribution in [1.29, 1.82) is 0 Å². The quantitative estimate of drug-likeness (QED) is 0.815. The van der Waals surface area contributed by atoms with E-state index in [-0.39, 0.29) is 21.5 Å². The van der Waals surface area contributed by atoms with Crippen molar-refractivity contribution >= 4 is 15.9 Å². The van der Waals surface area contributed by atoms with Gasteiger partial charge in [0, 0.05) is 5.69 Å². The van der Waals surface area contributed by atoms with Crippen molar-refractivity contribution in [2.24, 2.45) is 0 Å². The lowest BCUT2D eigenvalue weighted by atomic mass is 10.2. The van der Waals surface area contributed by atoms with Crippen molar-refractivity contribution in [2.75, 3.05) is 0 Å². The van der Waals surface area contributed by atoms with Gasteiger partial charge in [0.2, 0.25) is 0 Å². The maximum absolute atomic E-state index is 12.3. The highest BCUT2D eigenvalue weighted by molar-refractivity contribution is 9.10. The second kappa shape index (κ2) is 3.35. The molecule has 0 aliphatic heterocycles. The summed E-state index contributed by atoms with van der Waals surface area (Å²) < 4.78 is 24.6. The summed E-state index contributed by atoms with van der Waals surface area (Å²) in [5.74, 6) is -0.268. The average Bonchev–Trinajstić information content (AvgIpc) is 1.97. The number of alkyl halides is 2. The first-order valence-corrected chi connectivity index (χ1v) is 3.95. The second-order valence-corrected chi connectivity index (χ2v) is 3.05. The van der Waals surface area contributed by atoms with Gasteiger partial charge in [0.05, 0.1) is 16.2 Å². The van der Waals surface area contributed by atoms with Crippen LogP contribution in [-0.4, -0.2) is 10.1 Å². The van der Waals surface area contributed by atoms with Gasteiger partial charge < -0.3 is 5.11 Å². The zero-order chi connectivity index (χ0) is 9.30. The molecule has 0 saturated heterocycles. The van der Waals surface area contributed by atoms with Crippen LogP contribution in [0.4, 0.5) is 8.78 Å². The molecule has 1 aromatic rings. The van der Waals surface area contributed by atoms with E-state index in [0.717, 1.165) is 6.20 Å². The van der Waals surface area contributed by atoms with Crippen LogP contribution in [0, 0.1) is 6.92 Å². The molecule has 0 fully saturated rings. The van der Waals surface area contributed by atoms with Gasteiger partial charge in [-0.3, -0.25) is 4.98 Å². The van der Waals surface area contributed by atoms with Gasteiger partial charge in [0.15, 0.2) is 0 Å². The number of halogens is 3. The van der Waals surface area contributed by atoms with E-state index in [4.69, 9.17) is 5.11 Å².